The average Bonchev–Trinajstić information content (AvgIpc) is 2.22. The van der Waals surface area contributed by atoms with Gasteiger partial charge in [-0.3, -0.25) is 0 Å². The van der Waals surface area contributed by atoms with Crippen LogP contribution in [-0.4, -0.2) is 3.42 Å². The Balaban J connectivity index is 2.40. The van der Waals surface area contributed by atoms with Crippen molar-refractivity contribution in [3.8, 4) is 0 Å². The molecule has 1 aliphatic rings. The lowest BCUT2D eigenvalue weighted by Gasteiger charge is -1.90. The van der Waals surface area contributed by atoms with Gasteiger partial charge in [0.2, 0.25) is 0 Å². The predicted octanol–water partition coefficient (Wildman–Crippen LogP) is 2.53. The Morgan fingerprint density at radius 3 is 2.29 bits per heavy atom. The van der Waals surface area contributed by atoms with Gasteiger partial charge in [0.25, 0.3) is 0 Å². The van der Waals surface area contributed by atoms with Crippen LogP contribution in [0, 0.1) is 0 Å². The van der Waals surface area contributed by atoms with E-state index in [-0.39, 0.29) is 0 Å². The zero-order valence-corrected chi connectivity index (χ0v) is 6.60. The number of allylic oxidation sites excluding steroid dienone is 2. The van der Waals surface area contributed by atoms with Gasteiger partial charge in [0, 0.05) is 3.42 Å². The fourth-order valence-corrected chi connectivity index (χ4v) is 1.21. The van der Waals surface area contributed by atoms with Crippen LogP contribution in [0.15, 0.2) is 12.2 Å². The molecular formula is C6H9I. The molecule has 0 amide bonds. The molecule has 0 aromatic rings. The summed E-state index contributed by atoms with van der Waals surface area (Å²) in [4.78, 5) is 0. The van der Waals surface area contributed by atoms with E-state index in [4.69, 9.17) is 0 Å². The van der Waals surface area contributed by atoms with Crippen LogP contribution >= 0.6 is 22.6 Å². The van der Waals surface area contributed by atoms with E-state index in [1.54, 1.807) is 0 Å². The molecule has 0 radical (unpaired) electrons. The van der Waals surface area contributed by atoms with Crippen LogP contribution < -0.4 is 0 Å². The van der Waals surface area contributed by atoms with Crippen molar-refractivity contribution >= 4 is 22.6 Å². The summed E-state index contributed by atoms with van der Waals surface area (Å²) >= 11 is 2.50. The topological polar surface area (TPSA) is 0 Å². The summed E-state index contributed by atoms with van der Waals surface area (Å²) in [5.41, 5.74) is 0. The molecule has 1 saturated carbocycles. The van der Waals surface area contributed by atoms with E-state index < -0.39 is 0 Å². The quantitative estimate of drug-likeness (QED) is 0.353. The molecule has 0 aliphatic heterocycles. The third kappa shape index (κ3) is 1.44. The molecule has 0 aromatic heterocycles. The van der Waals surface area contributed by atoms with Gasteiger partial charge in [0.15, 0.2) is 0 Å². The van der Waals surface area contributed by atoms with Crippen LogP contribution in [0.5, 0.6) is 0 Å². The first kappa shape index (κ1) is 5.60. The SMILES string of the molecule is C/C=C/C1(I)CC1. The number of hydrogen-bond donors (Lipinski definition) is 0. The van der Waals surface area contributed by atoms with Crippen molar-refractivity contribution in [2.45, 2.75) is 23.2 Å². The number of halogens is 1. The average molecular weight is 208 g/mol. The Kier molecular flexibility index (Phi) is 1.41. The molecule has 0 N–H and O–H groups in total. The largest absolute Gasteiger partial charge is 0.0903 e. The highest BCUT2D eigenvalue weighted by molar-refractivity contribution is 14.1. The molecule has 0 atom stereocenters. The van der Waals surface area contributed by atoms with E-state index in [2.05, 4.69) is 41.7 Å². The summed E-state index contributed by atoms with van der Waals surface area (Å²) in [7, 11) is 0. The van der Waals surface area contributed by atoms with Crippen molar-refractivity contribution in [2.24, 2.45) is 0 Å². The normalized spacial score (nSPS) is 26.0. The molecule has 1 rings (SSSR count). The molecule has 0 nitrogen and oxygen atoms in total. The molecule has 7 heavy (non-hydrogen) atoms. The lowest BCUT2D eigenvalue weighted by molar-refractivity contribution is 1.25. The van der Waals surface area contributed by atoms with E-state index >= 15 is 0 Å². The molecular weight excluding hydrogens is 199 g/mol. The van der Waals surface area contributed by atoms with E-state index in [0.29, 0.717) is 3.42 Å². The third-order valence-electron chi connectivity index (χ3n) is 1.19. The maximum Gasteiger partial charge on any atom is 0.0402 e. The minimum Gasteiger partial charge on any atom is -0.0903 e. The zero-order chi connectivity index (χ0) is 5.33. The van der Waals surface area contributed by atoms with Crippen LogP contribution in [0.1, 0.15) is 19.8 Å². The smallest absolute Gasteiger partial charge is 0.0402 e. The Hall–Kier alpha value is 0.470. The molecule has 1 fully saturated rings. The van der Waals surface area contributed by atoms with E-state index in [9.17, 15) is 0 Å². The first-order valence-electron chi connectivity index (χ1n) is 2.60. The first-order valence-corrected chi connectivity index (χ1v) is 3.67. The maximum atomic E-state index is 2.50. The predicted molar refractivity (Wildman–Crippen MR) is 40.8 cm³/mol. The van der Waals surface area contributed by atoms with Gasteiger partial charge in [-0.25, -0.2) is 0 Å². The fraction of sp³-hybridized carbons (Fsp3) is 0.667. The Labute approximate surface area is 58.1 Å². The summed E-state index contributed by atoms with van der Waals surface area (Å²) in [6.07, 6.45) is 7.20. The third-order valence-corrected chi connectivity index (χ3v) is 2.63. The van der Waals surface area contributed by atoms with E-state index in [1.807, 2.05) is 0 Å². The molecule has 1 heteroatoms. The zero-order valence-electron chi connectivity index (χ0n) is 4.45. The van der Waals surface area contributed by atoms with Gasteiger partial charge in [0.05, 0.1) is 0 Å². The van der Waals surface area contributed by atoms with Crippen LogP contribution in [0.2, 0.25) is 0 Å². The Morgan fingerprint density at radius 1 is 1.57 bits per heavy atom. The number of alkyl halides is 1. The molecule has 0 aromatic carbocycles. The molecule has 0 unspecified atom stereocenters. The summed E-state index contributed by atoms with van der Waals surface area (Å²) in [5, 5.41) is 0. The second-order valence-corrected chi connectivity index (χ2v) is 4.18. The van der Waals surface area contributed by atoms with Crippen molar-refractivity contribution in [2.75, 3.05) is 0 Å². The summed E-state index contributed by atoms with van der Waals surface area (Å²) in [6, 6.07) is 0. The second kappa shape index (κ2) is 1.77. The van der Waals surface area contributed by atoms with Crippen LogP contribution in [0.25, 0.3) is 0 Å². The summed E-state index contributed by atoms with van der Waals surface area (Å²) in [5.74, 6) is 0. The lowest BCUT2D eigenvalue weighted by atomic mass is 10.4. The number of hydrogen-bond acceptors (Lipinski definition) is 0. The van der Waals surface area contributed by atoms with Gasteiger partial charge in [-0.15, -0.1) is 0 Å². The van der Waals surface area contributed by atoms with Crippen LogP contribution in [0.3, 0.4) is 0 Å². The second-order valence-electron chi connectivity index (χ2n) is 2.03. The Bertz CT molecular complexity index is 90.4. The summed E-state index contributed by atoms with van der Waals surface area (Å²) in [6.45, 7) is 2.08. The monoisotopic (exact) mass is 208 g/mol. The Morgan fingerprint density at radius 2 is 2.14 bits per heavy atom. The van der Waals surface area contributed by atoms with Crippen molar-refractivity contribution in [1.29, 1.82) is 0 Å². The van der Waals surface area contributed by atoms with Gasteiger partial charge in [0.1, 0.15) is 0 Å². The first-order chi connectivity index (χ1) is 3.27. The minimum absolute atomic E-state index is 0.590. The van der Waals surface area contributed by atoms with Gasteiger partial charge >= 0.3 is 0 Å². The molecule has 0 bridgehead atoms. The molecule has 0 spiro atoms. The van der Waals surface area contributed by atoms with Gasteiger partial charge in [-0.1, -0.05) is 34.7 Å². The standard InChI is InChI=1S/C6H9I/c1-2-3-6(7)4-5-6/h2-3H,4-5H2,1H3/b3-2+. The molecule has 0 saturated heterocycles. The fourth-order valence-electron chi connectivity index (χ4n) is 0.585. The molecule has 0 heterocycles. The van der Waals surface area contributed by atoms with Crippen molar-refractivity contribution in [3.63, 3.8) is 0 Å². The van der Waals surface area contributed by atoms with E-state index in [0.717, 1.165) is 0 Å². The highest BCUT2D eigenvalue weighted by atomic mass is 127. The van der Waals surface area contributed by atoms with Crippen LogP contribution in [-0.2, 0) is 0 Å². The van der Waals surface area contributed by atoms with E-state index in [1.165, 1.54) is 12.8 Å². The van der Waals surface area contributed by atoms with Crippen LogP contribution in [0.4, 0.5) is 0 Å². The highest BCUT2D eigenvalue weighted by Gasteiger charge is 2.35. The van der Waals surface area contributed by atoms with Gasteiger partial charge in [-0.2, -0.15) is 0 Å². The van der Waals surface area contributed by atoms with Crippen molar-refractivity contribution in [3.05, 3.63) is 12.2 Å². The minimum atomic E-state index is 0.590. The van der Waals surface area contributed by atoms with Crippen molar-refractivity contribution in [1.82, 2.24) is 0 Å². The number of rotatable bonds is 1. The summed E-state index contributed by atoms with van der Waals surface area (Å²) < 4.78 is 0.590. The van der Waals surface area contributed by atoms with Gasteiger partial charge < -0.3 is 0 Å². The highest BCUT2D eigenvalue weighted by Crippen LogP contribution is 2.46. The van der Waals surface area contributed by atoms with Gasteiger partial charge in [-0.05, 0) is 19.8 Å². The lowest BCUT2D eigenvalue weighted by Crippen LogP contribution is -1.84. The maximum absolute atomic E-state index is 2.50. The molecule has 40 valence electrons. The van der Waals surface area contributed by atoms with Crippen molar-refractivity contribution < 1.29 is 0 Å². The molecule has 1 aliphatic carbocycles.